The molecule has 0 bridgehead atoms. The molecular weight excluding hydrogens is 419 g/mol. The third kappa shape index (κ3) is 4.41. The van der Waals surface area contributed by atoms with E-state index in [1.54, 1.807) is 4.57 Å². The summed E-state index contributed by atoms with van der Waals surface area (Å²) in [5.74, 6) is 0. The van der Waals surface area contributed by atoms with Crippen LogP contribution in [-0.4, -0.2) is 20.6 Å². The van der Waals surface area contributed by atoms with Crippen LogP contribution < -0.4 is 11.2 Å². The molecule has 3 aromatic rings. The predicted octanol–water partition coefficient (Wildman–Crippen LogP) is 3.66. The van der Waals surface area contributed by atoms with Gasteiger partial charge in [0.05, 0.1) is 17.7 Å². The summed E-state index contributed by atoms with van der Waals surface area (Å²) in [6.07, 6.45) is -3.91. The van der Waals surface area contributed by atoms with Gasteiger partial charge in [0.15, 0.2) is 0 Å². The zero-order valence-electron chi connectivity index (χ0n) is 17.7. The molecule has 0 N–H and O–H groups in total. The molecule has 168 valence electrons. The normalized spacial score (nSPS) is 14.4. The minimum absolute atomic E-state index is 0.201. The van der Waals surface area contributed by atoms with Crippen molar-refractivity contribution < 1.29 is 13.2 Å². The van der Waals surface area contributed by atoms with Crippen molar-refractivity contribution in [2.45, 2.75) is 45.7 Å². The minimum atomic E-state index is -4.49. The SMILES string of the molecule is CCn1c2c(c(=O)n(Cc3cccc(C(F)(F)F)c3)c1=O)CN(Cc1ccccc1)CC2. The Hall–Kier alpha value is -3.13. The number of rotatable bonds is 5. The maximum absolute atomic E-state index is 13.3. The average molecular weight is 443 g/mol. The maximum Gasteiger partial charge on any atom is 0.416 e. The summed E-state index contributed by atoms with van der Waals surface area (Å²) >= 11 is 0. The van der Waals surface area contributed by atoms with Gasteiger partial charge in [-0.1, -0.05) is 42.5 Å². The van der Waals surface area contributed by atoms with Gasteiger partial charge in [-0.2, -0.15) is 13.2 Å². The molecule has 0 fully saturated rings. The van der Waals surface area contributed by atoms with Gasteiger partial charge >= 0.3 is 11.9 Å². The zero-order valence-corrected chi connectivity index (χ0v) is 17.7. The molecule has 0 spiro atoms. The second kappa shape index (κ2) is 8.78. The fourth-order valence-electron chi connectivity index (χ4n) is 4.28. The third-order valence-electron chi connectivity index (χ3n) is 5.85. The molecule has 8 heteroatoms. The van der Waals surface area contributed by atoms with Gasteiger partial charge in [-0.25, -0.2) is 4.79 Å². The highest BCUT2D eigenvalue weighted by Crippen LogP contribution is 2.29. The van der Waals surface area contributed by atoms with Crippen LogP contribution in [0.3, 0.4) is 0 Å². The van der Waals surface area contributed by atoms with Crippen LogP contribution in [0.5, 0.6) is 0 Å². The van der Waals surface area contributed by atoms with Gasteiger partial charge in [-0.3, -0.25) is 18.8 Å². The fraction of sp³-hybridized carbons (Fsp3) is 0.333. The van der Waals surface area contributed by atoms with Gasteiger partial charge in [-0.05, 0) is 30.2 Å². The van der Waals surface area contributed by atoms with Crippen molar-refractivity contribution in [2.75, 3.05) is 6.54 Å². The molecule has 0 saturated heterocycles. The number of halogens is 3. The highest BCUT2D eigenvalue weighted by Gasteiger charge is 2.30. The lowest BCUT2D eigenvalue weighted by molar-refractivity contribution is -0.137. The van der Waals surface area contributed by atoms with Gasteiger partial charge in [-0.15, -0.1) is 0 Å². The first kappa shape index (κ1) is 22.1. The van der Waals surface area contributed by atoms with Crippen LogP contribution in [0.2, 0.25) is 0 Å². The molecular formula is C24H24F3N3O2. The van der Waals surface area contributed by atoms with E-state index >= 15 is 0 Å². The third-order valence-corrected chi connectivity index (χ3v) is 5.85. The number of nitrogens with zero attached hydrogens (tertiary/aromatic N) is 3. The van der Waals surface area contributed by atoms with Crippen molar-refractivity contribution in [3.63, 3.8) is 0 Å². The lowest BCUT2D eigenvalue weighted by Gasteiger charge is -2.30. The number of fused-ring (bicyclic) bond motifs is 1. The topological polar surface area (TPSA) is 47.2 Å². The van der Waals surface area contributed by atoms with Gasteiger partial charge in [0.1, 0.15) is 0 Å². The van der Waals surface area contributed by atoms with E-state index in [1.165, 1.54) is 12.1 Å². The highest BCUT2D eigenvalue weighted by molar-refractivity contribution is 5.27. The second-order valence-electron chi connectivity index (χ2n) is 7.99. The Morgan fingerprint density at radius 3 is 2.31 bits per heavy atom. The summed E-state index contributed by atoms with van der Waals surface area (Å²) in [5, 5.41) is 0. The Labute approximate surface area is 183 Å². The quantitative estimate of drug-likeness (QED) is 0.605. The number of aromatic nitrogens is 2. The lowest BCUT2D eigenvalue weighted by atomic mass is 10.0. The molecule has 2 aromatic carbocycles. The fourth-order valence-corrected chi connectivity index (χ4v) is 4.28. The van der Waals surface area contributed by atoms with Crippen molar-refractivity contribution in [1.29, 1.82) is 0 Å². The van der Waals surface area contributed by atoms with Crippen LogP contribution in [-0.2, 0) is 38.8 Å². The van der Waals surface area contributed by atoms with Gasteiger partial charge in [0.2, 0.25) is 0 Å². The van der Waals surface area contributed by atoms with Gasteiger partial charge in [0, 0.05) is 38.3 Å². The number of alkyl halides is 3. The Kier molecular flexibility index (Phi) is 6.06. The van der Waals surface area contributed by atoms with Crippen molar-refractivity contribution >= 4 is 0 Å². The van der Waals surface area contributed by atoms with Crippen LogP contribution in [0, 0.1) is 0 Å². The summed E-state index contributed by atoms with van der Waals surface area (Å²) in [7, 11) is 0. The summed E-state index contributed by atoms with van der Waals surface area (Å²) in [6, 6.07) is 14.7. The van der Waals surface area contributed by atoms with E-state index in [1.807, 2.05) is 37.3 Å². The molecule has 0 saturated carbocycles. The molecule has 0 amide bonds. The van der Waals surface area contributed by atoms with Crippen LogP contribution in [0.15, 0.2) is 64.2 Å². The Morgan fingerprint density at radius 2 is 1.62 bits per heavy atom. The molecule has 0 aliphatic carbocycles. The standard InChI is InChI=1S/C24H24F3N3O2/c1-2-29-21-11-12-28(14-17-7-4-3-5-8-17)16-20(21)22(31)30(23(29)32)15-18-9-6-10-19(13-18)24(25,26)27/h3-10,13H,2,11-12,14-16H2,1H3. The van der Waals surface area contributed by atoms with Crippen LogP contribution in [0.25, 0.3) is 0 Å². The molecule has 0 radical (unpaired) electrons. The summed E-state index contributed by atoms with van der Waals surface area (Å²) in [4.78, 5) is 28.5. The van der Waals surface area contributed by atoms with Crippen LogP contribution >= 0.6 is 0 Å². The van der Waals surface area contributed by atoms with Gasteiger partial charge in [0.25, 0.3) is 5.56 Å². The van der Waals surface area contributed by atoms with E-state index in [-0.39, 0.29) is 12.1 Å². The summed E-state index contributed by atoms with van der Waals surface area (Å²) in [6.45, 7) is 3.82. The van der Waals surface area contributed by atoms with E-state index in [2.05, 4.69) is 4.90 Å². The van der Waals surface area contributed by atoms with E-state index in [0.717, 1.165) is 34.5 Å². The van der Waals surface area contributed by atoms with Crippen molar-refractivity contribution in [2.24, 2.45) is 0 Å². The van der Waals surface area contributed by atoms with Gasteiger partial charge < -0.3 is 0 Å². The Balaban J connectivity index is 1.70. The molecule has 0 atom stereocenters. The van der Waals surface area contributed by atoms with E-state index < -0.39 is 23.0 Å². The molecule has 1 aliphatic rings. The predicted molar refractivity (Wildman–Crippen MR) is 115 cm³/mol. The molecule has 2 heterocycles. The highest BCUT2D eigenvalue weighted by atomic mass is 19.4. The molecule has 4 rings (SSSR count). The van der Waals surface area contributed by atoms with Crippen molar-refractivity contribution in [3.05, 3.63) is 103 Å². The van der Waals surface area contributed by atoms with E-state index in [9.17, 15) is 22.8 Å². The molecule has 0 unspecified atom stereocenters. The molecule has 32 heavy (non-hydrogen) atoms. The monoisotopic (exact) mass is 443 g/mol. The minimum Gasteiger partial charge on any atom is -0.297 e. The first-order valence-corrected chi connectivity index (χ1v) is 10.6. The Morgan fingerprint density at radius 1 is 0.906 bits per heavy atom. The summed E-state index contributed by atoms with van der Waals surface area (Å²) in [5.41, 5.74) is 0.955. The second-order valence-corrected chi connectivity index (χ2v) is 7.99. The Bertz CT molecular complexity index is 1230. The maximum atomic E-state index is 13.3. The average Bonchev–Trinajstić information content (AvgIpc) is 2.78. The van der Waals surface area contributed by atoms with Crippen LogP contribution in [0.4, 0.5) is 13.2 Å². The number of benzene rings is 2. The number of hydrogen-bond acceptors (Lipinski definition) is 3. The smallest absolute Gasteiger partial charge is 0.297 e. The lowest BCUT2D eigenvalue weighted by Crippen LogP contribution is -2.47. The largest absolute Gasteiger partial charge is 0.416 e. The van der Waals surface area contributed by atoms with Crippen molar-refractivity contribution in [1.82, 2.24) is 14.0 Å². The van der Waals surface area contributed by atoms with E-state index in [4.69, 9.17) is 0 Å². The first-order valence-electron chi connectivity index (χ1n) is 10.6. The molecule has 5 nitrogen and oxygen atoms in total. The number of hydrogen-bond donors (Lipinski definition) is 0. The molecule has 1 aliphatic heterocycles. The van der Waals surface area contributed by atoms with Crippen LogP contribution in [0.1, 0.15) is 34.9 Å². The summed E-state index contributed by atoms with van der Waals surface area (Å²) < 4.78 is 41.9. The van der Waals surface area contributed by atoms with Crippen molar-refractivity contribution in [3.8, 4) is 0 Å². The molecule has 1 aromatic heterocycles. The first-order chi connectivity index (χ1) is 15.3. The van der Waals surface area contributed by atoms with E-state index in [0.29, 0.717) is 31.6 Å². The zero-order chi connectivity index (χ0) is 22.9.